The number of hydrogen-bond donors (Lipinski definition) is 0. The summed E-state index contributed by atoms with van der Waals surface area (Å²) >= 11 is 0. The molecular formula is C20H26N2O5S2. The molecule has 2 aromatic rings. The van der Waals surface area contributed by atoms with Crippen molar-refractivity contribution in [3.05, 3.63) is 59.7 Å². The molecule has 1 heterocycles. The largest absolute Gasteiger partial charge is 0.379 e. The summed E-state index contributed by atoms with van der Waals surface area (Å²) in [7, 11) is -5.92. The maximum absolute atomic E-state index is 13.0. The van der Waals surface area contributed by atoms with Gasteiger partial charge in [-0.3, -0.25) is 0 Å². The van der Waals surface area contributed by atoms with E-state index in [1.54, 1.807) is 0 Å². The quantitative estimate of drug-likeness (QED) is 0.692. The van der Waals surface area contributed by atoms with Crippen LogP contribution < -0.4 is 0 Å². The van der Waals surface area contributed by atoms with Crippen molar-refractivity contribution in [1.82, 2.24) is 8.61 Å². The summed E-state index contributed by atoms with van der Waals surface area (Å²) in [5.74, 6) is 0. The second-order valence-corrected chi connectivity index (χ2v) is 11.0. The molecule has 0 bridgehead atoms. The maximum atomic E-state index is 13.0. The topological polar surface area (TPSA) is 84.0 Å². The van der Waals surface area contributed by atoms with Crippen molar-refractivity contribution < 1.29 is 21.6 Å². The van der Waals surface area contributed by atoms with Crippen molar-refractivity contribution in [2.45, 2.75) is 29.7 Å². The molecule has 7 nitrogen and oxygen atoms in total. The van der Waals surface area contributed by atoms with Gasteiger partial charge in [0.15, 0.2) is 0 Å². The van der Waals surface area contributed by atoms with E-state index in [1.807, 2.05) is 38.1 Å². The molecule has 3 rings (SSSR count). The second kappa shape index (κ2) is 8.53. The van der Waals surface area contributed by atoms with Crippen LogP contribution in [0.5, 0.6) is 0 Å². The first kappa shape index (κ1) is 21.9. The van der Waals surface area contributed by atoms with Crippen molar-refractivity contribution in [3.8, 4) is 0 Å². The van der Waals surface area contributed by atoms with Crippen LogP contribution in [-0.2, 0) is 24.8 Å². The van der Waals surface area contributed by atoms with Crippen molar-refractivity contribution in [3.63, 3.8) is 0 Å². The Balaban J connectivity index is 1.83. The molecule has 0 saturated carbocycles. The van der Waals surface area contributed by atoms with E-state index in [0.717, 1.165) is 11.1 Å². The third kappa shape index (κ3) is 4.54. The average Bonchev–Trinajstić information content (AvgIpc) is 2.74. The molecule has 1 aliphatic rings. The molecule has 1 aliphatic heterocycles. The van der Waals surface area contributed by atoms with Crippen molar-refractivity contribution >= 4 is 20.0 Å². The Morgan fingerprint density at radius 1 is 0.897 bits per heavy atom. The van der Waals surface area contributed by atoms with E-state index in [2.05, 4.69) is 0 Å². The molecule has 9 heteroatoms. The number of rotatable bonds is 6. The van der Waals surface area contributed by atoms with Crippen molar-refractivity contribution in [2.24, 2.45) is 0 Å². The Morgan fingerprint density at radius 2 is 1.41 bits per heavy atom. The SMILES string of the molecule is Cc1ccc(C(C)N(C)S(=O)(=O)c2ccc(S(=O)(=O)N3CCOCC3)cc2)cc1. The van der Waals surface area contributed by atoms with Crippen LogP contribution >= 0.6 is 0 Å². The van der Waals surface area contributed by atoms with E-state index >= 15 is 0 Å². The third-order valence-corrected chi connectivity index (χ3v) is 9.07. The summed E-state index contributed by atoms with van der Waals surface area (Å²) in [6.45, 7) is 5.08. The minimum atomic E-state index is -3.78. The number of sulfonamides is 2. The summed E-state index contributed by atoms with van der Waals surface area (Å²) in [6, 6.07) is 12.7. The Bertz CT molecular complexity index is 1040. The van der Waals surface area contributed by atoms with Gasteiger partial charge in [-0.05, 0) is 43.7 Å². The van der Waals surface area contributed by atoms with E-state index in [1.165, 1.54) is 39.9 Å². The minimum absolute atomic E-state index is 0.0555. The van der Waals surface area contributed by atoms with E-state index in [9.17, 15) is 16.8 Å². The van der Waals surface area contributed by atoms with Gasteiger partial charge in [0.25, 0.3) is 0 Å². The first-order chi connectivity index (χ1) is 13.6. The first-order valence-electron chi connectivity index (χ1n) is 9.36. The highest BCUT2D eigenvalue weighted by Crippen LogP contribution is 2.27. The molecule has 1 fully saturated rings. The summed E-state index contributed by atoms with van der Waals surface area (Å²) < 4.78 is 59.3. The zero-order chi connectivity index (χ0) is 21.2. The minimum Gasteiger partial charge on any atom is -0.379 e. The second-order valence-electron chi connectivity index (χ2n) is 7.10. The summed E-state index contributed by atoms with van der Waals surface area (Å²) in [6.07, 6.45) is 0. The zero-order valence-corrected chi connectivity index (χ0v) is 18.4. The molecule has 1 saturated heterocycles. The Morgan fingerprint density at radius 3 is 1.97 bits per heavy atom. The number of ether oxygens (including phenoxy) is 1. The van der Waals surface area contributed by atoms with E-state index in [0.29, 0.717) is 26.3 Å². The van der Waals surface area contributed by atoms with Gasteiger partial charge in [0, 0.05) is 26.2 Å². The van der Waals surface area contributed by atoms with Crippen LogP contribution in [0.15, 0.2) is 58.3 Å². The lowest BCUT2D eigenvalue weighted by atomic mass is 10.1. The normalized spacial score (nSPS) is 17.4. The molecule has 0 amide bonds. The summed E-state index contributed by atoms with van der Waals surface area (Å²) in [5.41, 5.74) is 1.98. The lowest BCUT2D eigenvalue weighted by Crippen LogP contribution is -2.40. The predicted octanol–water partition coefficient (Wildman–Crippen LogP) is 2.40. The number of nitrogens with zero attached hydrogens (tertiary/aromatic N) is 2. The highest BCUT2D eigenvalue weighted by molar-refractivity contribution is 7.89. The van der Waals surface area contributed by atoms with Crippen molar-refractivity contribution in [1.29, 1.82) is 0 Å². The van der Waals surface area contributed by atoms with E-state index < -0.39 is 20.0 Å². The van der Waals surface area contributed by atoms with Gasteiger partial charge in [0.05, 0.1) is 23.0 Å². The zero-order valence-electron chi connectivity index (χ0n) is 16.8. The number of benzene rings is 2. The number of aryl methyl sites for hydroxylation is 1. The van der Waals surface area contributed by atoms with E-state index in [-0.39, 0.29) is 15.8 Å². The lowest BCUT2D eigenvalue weighted by Gasteiger charge is -2.26. The van der Waals surface area contributed by atoms with Crippen LogP contribution in [0.25, 0.3) is 0 Å². The van der Waals surface area contributed by atoms with Crippen LogP contribution in [0, 0.1) is 6.92 Å². The Labute approximate surface area is 173 Å². The average molecular weight is 439 g/mol. The van der Waals surface area contributed by atoms with Gasteiger partial charge < -0.3 is 4.74 Å². The molecule has 0 aliphatic carbocycles. The third-order valence-electron chi connectivity index (χ3n) is 5.21. The maximum Gasteiger partial charge on any atom is 0.243 e. The highest BCUT2D eigenvalue weighted by Gasteiger charge is 2.29. The Kier molecular flexibility index (Phi) is 6.45. The molecule has 2 aromatic carbocycles. The molecule has 0 spiro atoms. The fourth-order valence-corrected chi connectivity index (χ4v) is 5.91. The van der Waals surface area contributed by atoms with Crippen molar-refractivity contribution in [2.75, 3.05) is 33.4 Å². The molecule has 29 heavy (non-hydrogen) atoms. The molecule has 158 valence electrons. The molecule has 0 N–H and O–H groups in total. The molecule has 0 aromatic heterocycles. The van der Waals surface area contributed by atoms with Crippen LogP contribution in [0.3, 0.4) is 0 Å². The lowest BCUT2D eigenvalue weighted by molar-refractivity contribution is 0.0730. The molecule has 0 radical (unpaired) electrons. The van der Waals surface area contributed by atoms with Gasteiger partial charge >= 0.3 is 0 Å². The fourth-order valence-electron chi connectivity index (χ4n) is 3.15. The summed E-state index contributed by atoms with van der Waals surface area (Å²) in [5, 5.41) is 0. The van der Waals surface area contributed by atoms with Crippen LogP contribution in [-0.4, -0.2) is 58.8 Å². The monoisotopic (exact) mass is 438 g/mol. The highest BCUT2D eigenvalue weighted by atomic mass is 32.2. The molecule has 1 atom stereocenters. The fraction of sp³-hybridized carbons (Fsp3) is 0.400. The van der Waals surface area contributed by atoms with E-state index in [4.69, 9.17) is 4.74 Å². The molecular weight excluding hydrogens is 412 g/mol. The van der Waals surface area contributed by atoms with Gasteiger partial charge in [-0.15, -0.1) is 0 Å². The summed E-state index contributed by atoms with van der Waals surface area (Å²) in [4.78, 5) is 0.132. The Hall–Kier alpha value is -1.78. The van der Waals surface area contributed by atoms with Gasteiger partial charge in [-0.2, -0.15) is 8.61 Å². The first-order valence-corrected chi connectivity index (χ1v) is 12.2. The van der Waals surface area contributed by atoms with Crippen LogP contribution in [0.1, 0.15) is 24.1 Å². The van der Waals surface area contributed by atoms with Gasteiger partial charge in [0.2, 0.25) is 20.0 Å². The smallest absolute Gasteiger partial charge is 0.243 e. The molecule has 1 unspecified atom stereocenters. The van der Waals surface area contributed by atoms with Gasteiger partial charge in [0.1, 0.15) is 0 Å². The van der Waals surface area contributed by atoms with Gasteiger partial charge in [-0.25, -0.2) is 16.8 Å². The predicted molar refractivity (Wildman–Crippen MR) is 111 cm³/mol. The number of morpholine rings is 1. The standard InChI is InChI=1S/C20H26N2O5S2/c1-16-4-6-18(7-5-16)17(2)21(3)28(23,24)19-8-10-20(11-9-19)29(25,26)22-12-14-27-15-13-22/h4-11,17H,12-15H2,1-3H3. The van der Waals surface area contributed by atoms with Crippen LogP contribution in [0.4, 0.5) is 0 Å². The van der Waals surface area contributed by atoms with Gasteiger partial charge in [-0.1, -0.05) is 29.8 Å². The van der Waals surface area contributed by atoms with Crippen LogP contribution in [0.2, 0.25) is 0 Å². The number of hydrogen-bond acceptors (Lipinski definition) is 5.